The first kappa shape index (κ1) is 15.9. The molecule has 0 aliphatic carbocycles. The van der Waals surface area contributed by atoms with Crippen LogP contribution in [0.15, 0.2) is 42.6 Å². The van der Waals surface area contributed by atoms with E-state index in [1.807, 2.05) is 6.07 Å². The van der Waals surface area contributed by atoms with E-state index in [9.17, 15) is 0 Å². The van der Waals surface area contributed by atoms with Crippen LogP contribution in [0.25, 0.3) is 0 Å². The molecule has 122 valence electrons. The zero-order valence-corrected chi connectivity index (χ0v) is 14.4. The molecule has 0 aliphatic rings. The molecule has 0 saturated heterocycles. The van der Waals surface area contributed by atoms with Gasteiger partial charge in [0.2, 0.25) is 5.95 Å². The van der Waals surface area contributed by atoms with Crippen LogP contribution in [0.3, 0.4) is 0 Å². The molecule has 2 aromatic carbocycles. The van der Waals surface area contributed by atoms with Crippen LogP contribution in [0.2, 0.25) is 0 Å². The van der Waals surface area contributed by atoms with E-state index in [-0.39, 0.29) is 0 Å². The van der Waals surface area contributed by atoms with Crippen LogP contribution in [0.4, 0.5) is 23.1 Å². The van der Waals surface area contributed by atoms with Crippen molar-refractivity contribution in [3.05, 3.63) is 64.8 Å². The standard InChI is InChI=1S/C19H21N5/c1-12-8-13(2)10-16(9-12)21-17-11-20-24-19(22-17)23-18-14(3)6-5-7-15(18)4/h5-11H,1-4H3,(H2,21,22,23,24). The molecule has 3 aromatic rings. The minimum absolute atomic E-state index is 0.474. The van der Waals surface area contributed by atoms with Crippen molar-refractivity contribution in [2.24, 2.45) is 0 Å². The Hall–Kier alpha value is -2.95. The minimum Gasteiger partial charge on any atom is -0.339 e. The van der Waals surface area contributed by atoms with Crippen LogP contribution in [-0.4, -0.2) is 15.2 Å². The number of rotatable bonds is 4. The lowest BCUT2D eigenvalue weighted by Crippen LogP contribution is -2.04. The molecule has 0 bridgehead atoms. The van der Waals surface area contributed by atoms with Gasteiger partial charge in [-0.3, -0.25) is 0 Å². The Morgan fingerprint density at radius 3 is 2.17 bits per heavy atom. The Balaban J connectivity index is 1.84. The highest BCUT2D eigenvalue weighted by Crippen LogP contribution is 2.23. The number of anilines is 4. The predicted molar refractivity (Wildman–Crippen MR) is 98.2 cm³/mol. The topological polar surface area (TPSA) is 62.7 Å². The van der Waals surface area contributed by atoms with Crippen LogP contribution in [0.5, 0.6) is 0 Å². The van der Waals surface area contributed by atoms with Crippen molar-refractivity contribution in [2.75, 3.05) is 10.6 Å². The number of aryl methyl sites for hydroxylation is 4. The van der Waals surface area contributed by atoms with E-state index in [1.165, 1.54) is 11.1 Å². The van der Waals surface area contributed by atoms with Crippen molar-refractivity contribution >= 4 is 23.1 Å². The van der Waals surface area contributed by atoms with Gasteiger partial charge in [0.15, 0.2) is 5.82 Å². The summed E-state index contributed by atoms with van der Waals surface area (Å²) in [6, 6.07) is 12.4. The van der Waals surface area contributed by atoms with Gasteiger partial charge < -0.3 is 10.6 Å². The third-order valence-electron chi connectivity index (χ3n) is 3.77. The smallest absolute Gasteiger partial charge is 0.249 e. The highest BCUT2D eigenvalue weighted by Gasteiger charge is 2.06. The second-order valence-electron chi connectivity index (χ2n) is 6.06. The van der Waals surface area contributed by atoms with E-state index in [0.717, 1.165) is 22.5 Å². The average molecular weight is 319 g/mol. The van der Waals surface area contributed by atoms with E-state index in [4.69, 9.17) is 0 Å². The Labute approximate surface area is 142 Å². The van der Waals surface area contributed by atoms with Gasteiger partial charge in [0.25, 0.3) is 0 Å². The third kappa shape index (κ3) is 3.68. The molecule has 0 fully saturated rings. The summed E-state index contributed by atoms with van der Waals surface area (Å²) in [5.74, 6) is 1.13. The minimum atomic E-state index is 0.474. The van der Waals surface area contributed by atoms with Crippen LogP contribution in [0, 0.1) is 27.7 Å². The van der Waals surface area contributed by atoms with Gasteiger partial charge in [0.05, 0.1) is 6.20 Å². The first-order valence-electron chi connectivity index (χ1n) is 7.89. The van der Waals surface area contributed by atoms with Gasteiger partial charge in [0, 0.05) is 11.4 Å². The Morgan fingerprint density at radius 1 is 0.833 bits per heavy atom. The van der Waals surface area contributed by atoms with Crippen LogP contribution in [0.1, 0.15) is 22.3 Å². The van der Waals surface area contributed by atoms with Crippen molar-refractivity contribution in [1.82, 2.24) is 15.2 Å². The molecule has 2 N–H and O–H groups in total. The molecule has 1 heterocycles. The summed E-state index contributed by atoms with van der Waals surface area (Å²) in [7, 11) is 0. The van der Waals surface area contributed by atoms with Crippen molar-refractivity contribution in [2.45, 2.75) is 27.7 Å². The number of para-hydroxylation sites is 1. The van der Waals surface area contributed by atoms with E-state index in [1.54, 1.807) is 6.20 Å². The fourth-order valence-corrected chi connectivity index (χ4v) is 2.73. The van der Waals surface area contributed by atoms with Gasteiger partial charge in [-0.25, -0.2) is 0 Å². The highest BCUT2D eigenvalue weighted by molar-refractivity contribution is 5.64. The molecule has 0 aliphatic heterocycles. The fraction of sp³-hybridized carbons (Fsp3) is 0.211. The van der Waals surface area contributed by atoms with Crippen LogP contribution < -0.4 is 10.6 Å². The Bertz CT molecular complexity index is 833. The van der Waals surface area contributed by atoms with Gasteiger partial charge in [0.1, 0.15) is 0 Å². The molecular weight excluding hydrogens is 298 g/mol. The summed E-state index contributed by atoms with van der Waals surface area (Å²) in [4.78, 5) is 4.51. The summed E-state index contributed by atoms with van der Waals surface area (Å²) in [6.07, 6.45) is 1.62. The zero-order chi connectivity index (χ0) is 17.1. The Kier molecular flexibility index (Phi) is 4.42. The van der Waals surface area contributed by atoms with E-state index in [0.29, 0.717) is 11.8 Å². The number of benzene rings is 2. The molecular formula is C19H21N5. The van der Waals surface area contributed by atoms with E-state index < -0.39 is 0 Å². The number of hydrogen-bond donors (Lipinski definition) is 2. The van der Waals surface area contributed by atoms with Gasteiger partial charge in [-0.15, -0.1) is 5.10 Å². The predicted octanol–water partition coefficient (Wildman–Crippen LogP) is 4.59. The second kappa shape index (κ2) is 6.66. The maximum atomic E-state index is 4.51. The lowest BCUT2D eigenvalue weighted by Gasteiger charge is -2.12. The van der Waals surface area contributed by atoms with E-state index in [2.05, 4.69) is 83.8 Å². The van der Waals surface area contributed by atoms with Gasteiger partial charge in [-0.1, -0.05) is 24.3 Å². The van der Waals surface area contributed by atoms with Crippen molar-refractivity contribution in [1.29, 1.82) is 0 Å². The molecule has 1 aromatic heterocycles. The molecule has 0 radical (unpaired) electrons. The van der Waals surface area contributed by atoms with Crippen molar-refractivity contribution < 1.29 is 0 Å². The highest BCUT2D eigenvalue weighted by atomic mass is 15.3. The zero-order valence-electron chi connectivity index (χ0n) is 14.4. The summed E-state index contributed by atoms with van der Waals surface area (Å²) < 4.78 is 0. The first-order chi connectivity index (χ1) is 11.5. The number of hydrogen-bond acceptors (Lipinski definition) is 5. The summed E-state index contributed by atoms with van der Waals surface area (Å²) in [5, 5.41) is 14.7. The molecule has 0 amide bonds. The quantitative estimate of drug-likeness (QED) is 0.736. The lowest BCUT2D eigenvalue weighted by molar-refractivity contribution is 0.981. The van der Waals surface area contributed by atoms with Gasteiger partial charge >= 0.3 is 0 Å². The molecule has 0 atom stereocenters. The maximum absolute atomic E-state index is 4.51. The molecule has 3 rings (SSSR count). The molecule has 0 unspecified atom stereocenters. The third-order valence-corrected chi connectivity index (χ3v) is 3.77. The second-order valence-corrected chi connectivity index (χ2v) is 6.06. The number of nitrogens with zero attached hydrogens (tertiary/aromatic N) is 3. The summed E-state index contributed by atoms with van der Waals surface area (Å²) >= 11 is 0. The number of aromatic nitrogens is 3. The first-order valence-corrected chi connectivity index (χ1v) is 7.89. The maximum Gasteiger partial charge on any atom is 0.249 e. The molecule has 0 saturated carbocycles. The van der Waals surface area contributed by atoms with Crippen molar-refractivity contribution in [3.63, 3.8) is 0 Å². The van der Waals surface area contributed by atoms with Gasteiger partial charge in [-0.2, -0.15) is 10.1 Å². The summed E-state index contributed by atoms with van der Waals surface area (Å²) in [5.41, 5.74) is 6.70. The fourth-order valence-electron chi connectivity index (χ4n) is 2.73. The van der Waals surface area contributed by atoms with Gasteiger partial charge in [-0.05, 0) is 62.1 Å². The largest absolute Gasteiger partial charge is 0.339 e. The summed E-state index contributed by atoms with van der Waals surface area (Å²) in [6.45, 7) is 8.26. The van der Waals surface area contributed by atoms with E-state index >= 15 is 0 Å². The average Bonchev–Trinajstić information content (AvgIpc) is 2.50. The molecule has 5 heteroatoms. The molecule has 24 heavy (non-hydrogen) atoms. The molecule has 0 spiro atoms. The Morgan fingerprint density at radius 2 is 1.50 bits per heavy atom. The van der Waals surface area contributed by atoms with Crippen molar-refractivity contribution in [3.8, 4) is 0 Å². The monoisotopic (exact) mass is 319 g/mol. The normalized spacial score (nSPS) is 10.5. The lowest BCUT2D eigenvalue weighted by atomic mass is 10.1. The number of nitrogens with one attached hydrogen (secondary N) is 2. The SMILES string of the molecule is Cc1cc(C)cc(Nc2cnnc(Nc3c(C)cccc3C)n2)c1. The van der Waals surface area contributed by atoms with Crippen LogP contribution in [-0.2, 0) is 0 Å². The molecule has 5 nitrogen and oxygen atoms in total. The van der Waals surface area contributed by atoms with Crippen LogP contribution >= 0.6 is 0 Å².